The molecule has 24 heteroatoms. The van der Waals surface area contributed by atoms with Crippen molar-refractivity contribution in [2.75, 3.05) is 66.2 Å². The van der Waals surface area contributed by atoms with Crippen LogP contribution in [0.2, 0.25) is 0 Å². The first kappa shape index (κ1) is 75.1. The number of rotatable bonds is 29. The van der Waals surface area contributed by atoms with Crippen LogP contribution in [0.3, 0.4) is 0 Å². The maximum absolute atomic E-state index is 15.0. The highest BCUT2D eigenvalue weighted by atomic mass is 16.5. The highest BCUT2D eigenvalue weighted by molar-refractivity contribution is 6.17. The molecule has 6 aromatic heterocycles. The van der Waals surface area contributed by atoms with Crippen LogP contribution in [0, 0.1) is 35.5 Å². The second-order valence-corrected chi connectivity index (χ2v) is 28.9. The summed E-state index contributed by atoms with van der Waals surface area (Å²) in [6, 6.07) is 42.1. The van der Waals surface area contributed by atoms with Crippen LogP contribution in [-0.2, 0) is 0 Å². The van der Waals surface area contributed by atoms with E-state index in [1.165, 1.54) is 24.3 Å². The number of hydrogen-bond acceptors (Lipinski definition) is 18. The van der Waals surface area contributed by atoms with Gasteiger partial charge in [0.25, 0.3) is 29.5 Å². The van der Waals surface area contributed by atoms with E-state index in [9.17, 15) is 29.1 Å². The Bertz CT molecular complexity index is 5470. The molecule has 0 fully saturated rings. The quantitative estimate of drug-likeness (QED) is 0.0237. The molecule has 0 aliphatic heterocycles. The van der Waals surface area contributed by atoms with Crippen LogP contribution in [-0.4, -0.2) is 110 Å². The second kappa shape index (κ2) is 32.8. The summed E-state index contributed by atoms with van der Waals surface area (Å²) in [5.41, 5.74) is 2.10. The van der Waals surface area contributed by atoms with Gasteiger partial charge in [-0.25, -0.2) is 34.7 Å². The number of benzene rings is 6. The molecular formula is C84H85N11O13. The van der Waals surface area contributed by atoms with Crippen LogP contribution < -0.4 is 55.0 Å². The Morgan fingerprint density at radius 1 is 0.278 bits per heavy atom. The highest BCUT2D eigenvalue weighted by Crippen LogP contribution is 2.41. The molecule has 0 aliphatic rings. The van der Waals surface area contributed by atoms with E-state index in [0.717, 1.165) is 0 Å². The van der Waals surface area contributed by atoms with Gasteiger partial charge < -0.3 is 60.1 Å². The molecule has 5 amide bonds. The van der Waals surface area contributed by atoms with Crippen LogP contribution in [0.4, 0.5) is 28.4 Å². The van der Waals surface area contributed by atoms with Crippen molar-refractivity contribution >= 4 is 129 Å². The average Bonchev–Trinajstić information content (AvgIpc) is 0.762. The van der Waals surface area contributed by atoms with Crippen molar-refractivity contribution in [2.24, 2.45) is 35.5 Å². The largest absolute Gasteiger partial charge is 0.493 e. The lowest BCUT2D eigenvalue weighted by Crippen LogP contribution is -2.19. The fourth-order valence-corrected chi connectivity index (χ4v) is 11.5. The second-order valence-electron chi connectivity index (χ2n) is 28.9. The van der Waals surface area contributed by atoms with E-state index in [1.54, 1.807) is 97.1 Å². The average molecular weight is 1460 g/mol. The lowest BCUT2D eigenvalue weighted by Gasteiger charge is -2.18. The van der Waals surface area contributed by atoms with Crippen LogP contribution in [0.5, 0.6) is 34.5 Å². The number of anilines is 5. The fraction of sp³-hybridized carbons (Fsp3) is 0.286. The number of pyridine rings is 6. The monoisotopic (exact) mass is 1460 g/mol. The molecule has 6 heterocycles. The van der Waals surface area contributed by atoms with Crippen molar-refractivity contribution < 1.29 is 62.3 Å². The van der Waals surface area contributed by atoms with Crippen molar-refractivity contribution in [1.82, 2.24) is 29.9 Å². The molecule has 0 atom stereocenters. The number of carbonyl (C=O) groups is 6. The first-order chi connectivity index (χ1) is 51.8. The fourth-order valence-electron chi connectivity index (χ4n) is 11.5. The van der Waals surface area contributed by atoms with E-state index in [4.69, 9.17) is 53.3 Å². The third-order valence-electron chi connectivity index (χ3n) is 16.7. The van der Waals surface area contributed by atoms with Gasteiger partial charge in [0.1, 0.15) is 96.1 Å². The van der Waals surface area contributed by atoms with Crippen molar-refractivity contribution in [1.29, 1.82) is 0 Å². The summed E-state index contributed by atoms with van der Waals surface area (Å²) in [6.45, 7) is 25.6. The maximum Gasteiger partial charge on any atom is 0.354 e. The highest BCUT2D eigenvalue weighted by Gasteiger charge is 2.27. The predicted molar refractivity (Wildman–Crippen MR) is 419 cm³/mol. The summed E-state index contributed by atoms with van der Waals surface area (Å²) in [4.78, 5) is 115. The first-order valence-electron chi connectivity index (χ1n) is 36.0. The van der Waals surface area contributed by atoms with E-state index in [2.05, 4.69) is 31.6 Å². The van der Waals surface area contributed by atoms with Gasteiger partial charge in [-0.1, -0.05) is 126 Å². The van der Waals surface area contributed by atoms with Crippen LogP contribution >= 0.6 is 0 Å². The zero-order valence-electron chi connectivity index (χ0n) is 62.2. The van der Waals surface area contributed by atoms with Gasteiger partial charge in [-0.2, -0.15) is 0 Å². The number of nitrogens with zero attached hydrogens (tertiary/aromatic N) is 6. The van der Waals surface area contributed by atoms with Crippen molar-refractivity contribution in [3.8, 4) is 34.5 Å². The molecule has 0 spiro atoms. The standard InChI is InChI=1S/C84H85N11O13/c1-44(2)38-103-67-32-61(79(96)85-50-20-14-13-15-21-50)86-73-51(67)26-27-52-68(104-39-45(3)4)33-62(87-74(52)73)80(97)92-57-22-16-17-23-58(57)93-81(98)63-34-69(105-40-46(5)6)53-28-29-54-70(106-41-47(7)8)35-64(89-76(54)75(53)88-63)82(99)94-59-24-18-19-25-60(59)95-83(100)65-36-71(107-42-48(9)10)55-30-31-56-72(108-43-49(11)12)37-66(84(101)102)91-78(56)77(55)90-65/h13-37,44-49H,38-43H2,1-12H3,(H,85,96)(H,92,97)(H,93,98)(H,94,99)(H,95,100)(H,101,102). The molecule has 0 saturated heterocycles. The Kier molecular flexibility index (Phi) is 22.8. The number of fused-ring (bicyclic) bond motifs is 9. The normalized spacial score (nSPS) is 11.6. The van der Waals surface area contributed by atoms with Gasteiger partial charge in [0.05, 0.1) is 62.4 Å². The Morgan fingerprint density at radius 3 is 0.685 bits per heavy atom. The van der Waals surface area contributed by atoms with E-state index < -0.39 is 35.5 Å². The van der Waals surface area contributed by atoms with Gasteiger partial charge in [-0.15, -0.1) is 0 Å². The summed E-state index contributed by atoms with van der Waals surface area (Å²) in [5.74, 6) is -2.03. The molecule has 108 heavy (non-hydrogen) atoms. The van der Waals surface area contributed by atoms with E-state index in [0.29, 0.717) is 97.8 Å². The molecule has 6 aromatic carbocycles. The molecule has 0 saturated carbocycles. The van der Waals surface area contributed by atoms with Crippen molar-refractivity contribution in [3.63, 3.8) is 0 Å². The molecule has 6 N–H and O–H groups in total. The SMILES string of the molecule is CC(C)COc1cc(C(=O)O)nc2c1ccc1c(OCC(C)C)cc(C(=O)Nc3ccccc3NC(=O)c3cc(OCC(C)C)c4ccc5c(OCC(C)C)cc(C(=O)Nc6ccccc6NC(=O)c6cc(OCC(C)C)c7ccc8c(OCC(C)C)cc(C(=O)Nc9ccccc9)nc8c7n6)nc5c4n3)nc12. The zero-order valence-corrected chi connectivity index (χ0v) is 62.2. The Balaban J connectivity index is 0.875. The molecule has 0 aliphatic carbocycles. The minimum Gasteiger partial charge on any atom is -0.493 e. The van der Waals surface area contributed by atoms with Gasteiger partial charge in [0.15, 0.2) is 5.69 Å². The predicted octanol–water partition coefficient (Wildman–Crippen LogP) is 17.1. The topological polar surface area (TPSA) is 316 Å². The number of carbonyl (C=O) groups excluding carboxylic acids is 5. The maximum atomic E-state index is 15.0. The number of para-hydroxylation sites is 5. The molecule has 554 valence electrons. The number of aromatic carboxylic acids is 1. The number of nitrogens with one attached hydrogen (secondary N) is 5. The van der Waals surface area contributed by atoms with Crippen LogP contribution in [0.1, 0.15) is 146 Å². The molecule has 12 aromatic rings. The number of carboxylic acids is 1. The number of hydrogen-bond donors (Lipinski definition) is 6. The molecule has 0 unspecified atom stereocenters. The van der Waals surface area contributed by atoms with Crippen LogP contribution in [0.25, 0.3) is 65.4 Å². The summed E-state index contributed by atoms with van der Waals surface area (Å²) in [5, 5.41) is 27.9. The number of amides is 5. The lowest BCUT2D eigenvalue weighted by atomic mass is 10.1. The molecular weight excluding hydrogens is 1370 g/mol. The van der Waals surface area contributed by atoms with Crippen LogP contribution in [0.15, 0.2) is 152 Å². The molecule has 0 radical (unpaired) electrons. The minimum atomic E-state index is -1.28. The Hall–Kier alpha value is -12.6. The summed E-state index contributed by atoms with van der Waals surface area (Å²) in [7, 11) is 0. The smallest absolute Gasteiger partial charge is 0.354 e. The third-order valence-corrected chi connectivity index (χ3v) is 16.7. The molecule has 12 rings (SSSR count). The molecule has 0 bridgehead atoms. The van der Waals surface area contributed by atoms with Gasteiger partial charge in [-0.05, 0) is 108 Å². The van der Waals surface area contributed by atoms with E-state index >= 15 is 4.79 Å². The van der Waals surface area contributed by atoms with Gasteiger partial charge >= 0.3 is 5.97 Å². The van der Waals surface area contributed by atoms with Gasteiger partial charge in [0.2, 0.25) is 0 Å². The van der Waals surface area contributed by atoms with Gasteiger partial charge in [-0.3, -0.25) is 24.0 Å². The summed E-state index contributed by atoms with van der Waals surface area (Å²) >= 11 is 0. The first-order valence-corrected chi connectivity index (χ1v) is 36.0. The third kappa shape index (κ3) is 17.3. The van der Waals surface area contributed by atoms with E-state index in [-0.39, 0.29) is 140 Å². The Morgan fingerprint density at radius 2 is 0.472 bits per heavy atom. The van der Waals surface area contributed by atoms with E-state index in [1.807, 2.05) is 113 Å². The number of aromatic nitrogens is 6. The summed E-state index contributed by atoms with van der Waals surface area (Å²) < 4.78 is 38.1. The summed E-state index contributed by atoms with van der Waals surface area (Å²) in [6.07, 6.45) is 0. The van der Waals surface area contributed by atoms with Gasteiger partial charge in [0, 0.05) is 74.4 Å². The Labute approximate surface area is 623 Å². The molecule has 24 nitrogen and oxygen atoms in total. The lowest BCUT2D eigenvalue weighted by molar-refractivity contribution is 0.0689. The minimum absolute atomic E-state index is 0.0491. The number of ether oxygens (including phenoxy) is 6. The van der Waals surface area contributed by atoms with Crippen molar-refractivity contribution in [2.45, 2.75) is 83.1 Å². The zero-order chi connectivity index (χ0) is 76.6. The number of carboxylic acid groups (broad SMARTS) is 1. The van der Waals surface area contributed by atoms with Crippen molar-refractivity contribution in [3.05, 3.63) is 186 Å².